The third kappa shape index (κ3) is 2.04. The molecule has 2 rings (SSSR count). The van der Waals surface area contributed by atoms with Crippen molar-refractivity contribution >= 4 is 11.9 Å². The standard InChI is InChI=1S/C11H17NO4/c1-16-11(3-2-4-11)6-12-9(13)7-5-8(7)10(14)15/h7-8H,2-6H2,1H3,(H,12,13)(H,14,15). The molecule has 5 nitrogen and oxygen atoms in total. The fraction of sp³-hybridized carbons (Fsp3) is 0.818. The van der Waals surface area contributed by atoms with Gasteiger partial charge in [0.05, 0.1) is 17.4 Å². The second-order valence-electron chi connectivity index (χ2n) is 4.75. The van der Waals surface area contributed by atoms with Crippen LogP contribution in [0, 0.1) is 11.8 Å². The number of carbonyl (C=O) groups excluding carboxylic acids is 1. The van der Waals surface area contributed by atoms with Crippen LogP contribution in [-0.2, 0) is 14.3 Å². The molecule has 0 aromatic rings. The minimum absolute atomic E-state index is 0.143. The quantitative estimate of drug-likeness (QED) is 0.712. The highest BCUT2D eigenvalue weighted by Crippen LogP contribution is 2.39. The molecule has 2 aliphatic carbocycles. The monoisotopic (exact) mass is 227 g/mol. The molecule has 0 spiro atoms. The van der Waals surface area contributed by atoms with Crippen molar-refractivity contribution in [1.29, 1.82) is 0 Å². The Morgan fingerprint density at radius 3 is 2.50 bits per heavy atom. The van der Waals surface area contributed by atoms with E-state index in [1.807, 2.05) is 0 Å². The Morgan fingerprint density at radius 2 is 2.12 bits per heavy atom. The minimum Gasteiger partial charge on any atom is -0.481 e. The number of rotatable bonds is 5. The number of methoxy groups -OCH3 is 1. The molecule has 0 aromatic heterocycles. The maximum absolute atomic E-state index is 11.6. The Morgan fingerprint density at radius 1 is 1.44 bits per heavy atom. The lowest BCUT2D eigenvalue weighted by molar-refractivity contribution is -0.140. The summed E-state index contributed by atoms with van der Waals surface area (Å²) in [5, 5.41) is 11.5. The number of carboxylic acids is 1. The summed E-state index contributed by atoms with van der Waals surface area (Å²) < 4.78 is 5.37. The molecular weight excluding hydrogens is 210 g/mol. The molecule has 2 atom stereocenters. The fourth-order valence-corrected chi connectivity index (χ4v) is 2.16. The number of hydrogen-bond acceptors (Lipinski definition) is 3. The summed E-state index contributed by atoms with van der Waals surface area (Å²) >= 11 is 0. The Balaban J connectivity index is 1.75. The van der Waals surface area contributed by atoms with Crippen LogP contribution in [0.4, 0.5) is 0 Å². The maximum Gasteiger partial charge on any atom is 0.307 e. The first-order valence-electron chi connectivity index (χ1n) is 5.64. The van der Waals surface area contributed by atoms with Crippen LogP contribution in [0.5, 0.6) is 0 Å². The maximum atomic E-state index is 11.6. The van der Waals surface area contributed by atoms with Gasteiger partial charge in [-0.25, -0.2) is 0 Å². The second-order valence-corrected chi connectivity index (χ2v) is 4.75. The van der Waals surface area contributed by atoms with Gasteiger partial charge < -0.3 is 15.2 Å². The zero-order valence-corrected chi connectivity index (χ0v) is 9.36. The summed E-state index contributed by atoms with van der Waals surface area (Å²) in [6, 6.07) is 0. The van der Waals surface area contributed by atoms with Gasteiger partial charge in [-0.1, -0.05) is 0 Å². The first-order chi connectivity index (χ1) is 7.58. The van der Waals surface area contributed by atoms with Crippen molar-refractivity contribution in [2.24, 2.45) is 11.8 Å². The molecule has 0 heterocycles. The van der Waals surface area contributed by atoms with Gasteiger partial charge in [0.25, 0.3) is 0 Å². The predicted molar refractivity (Wildman–Crippen MR) is 55.8 cm³/mol. The van der Waals surface area contributed by atoms with E-state index in [1.54, 1.807) is 7.11 Å². The van der Waals surface area contributed by atoms with Crippen LogP contribution in [-0.4, -0.2) is 36.2 Å². The zero-order valence-electron chi connectivity index (χ0n) is 9.36. The highest BCUT2D eigenvalue weighted by Gasteiger charge is 2.49. The van der Waals surface area contributed by atoms with E-state index in [0.717, 1.165) is 19.3 Å². The van der Waals surface area contributed by atoms with E-state index in [9.17, 15) is 9.59 Å². The number of carbonyl (C=O) groups is 2. The van der Waals surface area contributed by atoms with Gasteiger partial charge in [-0.2, -0.15) is 0 Å². The molecular formula is C11H17NO4. The Kier molecular flexibility index (Phi) is 2.88. The van der Waals surface area contributed by atoms with Crippen LogP contribution in [0.25, 0.3) is 0 Å². The van der Waals surface area contributed by atoms with Gasteiger partial charge in [-0.3, -0.25) is 9.59 Å². The highest BCUT2D eigenvalue weighted by molar-refractivity contribution is 5.89. The zero-order chi connectivity index (χ0) is 11.8. The first-order valence-corrected chi connectivity index (χ1v) is 5.64. The first kappa shape index (κ1) is 11.4. The molecule has 2 saturated carbocycles. The predicted octanol–water partition coefficient (Wildman–Crippen LogP) is 0.392. The number of amides is 1. The van der Waals surface area contributed by atoms with Crippen molar-refractivity contribution in [3.8, 4) is 0 Å². The van der Waals surface area contributed by atoms with Crippen LogP contribution < -0.4 is 5.32 Å². The van der Waals surface area contributed by atoms with Crippen LogP contribution in [0.1, 0.15) is 25.7 Å². The minimum atomic E-state index is -0.870. The van der Waals surface area contributed by atoms with Crippen molar-refractivity contribution in [2.45, 2.75) is 31.3 Å². The summed E-state index contributed by atoms with van der Waals surface area (Å²) in [7, 11) is 1.66. The van der Waals surface area contributed by atoms with Gasteiger partial charge in [-0.05, 0) is 25.7 Å². The van der Waals surface area contributed by atoms with Crippen molar-refractivity contribution < 1.29 is 19.4 Å². The second kappa shape index (κ2) is 4.05. The summed E-state index contributed by atoms with van der Waals surface area (Å²) in [5.41, 5.74) is -0.191. The number of nitrogens with one attached hydrogen (secondary N) is 1. The number of carboxylic acid groups (broad SMARTS) is 1. The third-order valence-electron chi connectivity index (χ3n) is 3.73. The summed E-state index contributed by atoms with van der Waals surface area (Å²) in [6.45, 7) is 0.505. The molecule has 2 unspecified atom stereocenters. The number of hydrogen-bond donors (Lipinski definition) is 2. The highest BCUT2D eigenvalue weighted by atomic mass is 16.5. The Hall–Kier alpha value is -1.10. The SMILES string of the molecule is COC1(CNC(=O)C2CC2C(=O)O)CCC1. The Labute approximate surface area is 94.2 Å². The lowest BCUT2D eigenvalue weighted by Gasteiger charge is -2.40. The molecule has 0 radical (unpaired) electrons. The van der Waals surface area contributed by atoms with E-state index in [2.05, 4.69) is 5.32 Å². The van der Waals surface area contributed by atoms with E-state index in [0.29, 0.717) is 13.0 Å². The van der Waals surface area contributed by atoms with E-state index in [4.69, 9.17) is 9.84 Å². The molecule has 1 amide bonds. The molecule has 90 valence electrons. The largest absolute Gasteiger partial charge is 0.481 e. The normalized spacial score (nSPS) is 30.3. The van der Waals surface area contributed by atoms with Crippen LogP contribution >= 0.6 is 0 Å². The third-order valence-corrected chi connectivity index (χ3v) is 3.73. The average Bonchev–Trinajstić information content (AvgIpc) is 2.95. The topological polar surface area (TPSA) is 75.6 Å². The van der Waals surface area contributed by atoms with Gasteiger partial charge in [-0.15, -0.1) is 0 Å². The van der Waals surface area contributed by atoms with E-state index in [1.165, 1.54) is 0 Å². The van der Waals surface area contributed by atoms with Crippen LogP contribution in [0.2, 0.25) is 0 Å². The molecule has 2 aliphatic rings. The molecule has 0 saturated heterocycles. The van der Waals surface area contributed by atoms with Gasteiger partial charge >= 0.3 is 5.97 Å². The lowest BCUT2D eigenvalue weighted by Crippen LogP contribution is -2.49. The van der Waals surface area contributed by atoms with Crippen molar-refractivity contribution in [2.75, 3.05) is 13.7 Å². The van der Waals surface area contributed by atoms with E-state index < -0.39 is 11.9 Å². The van der Waals surface area contributed by atoms with Crippen LogP contribution in [0.3, 0.4) is 0 Å². The van der Waals surface area contributed by atoms with Gasteiger partial charge in [0.15, 0.2) is 0 Å². The number of aliphatic carboxylic acids is 1. The van der Waals surface area contributed by atoms with E-state index in [-0.39, 0.29) is 17.4 Å². The molecule has 2 N–H and O–H groups in total. The van der Waals surface area contributed by atoms with Crippen molar-refractivity contribution in [1.82, 2.24) is 5.32 Å². The van der Waals surface area contributed by atoms with Crippen molar-refractivity contribution in [3.05, 3.63) is 0 Å². The lowest BCUT2D eigenvalue weighted by atomic mass is 9.80. The molecule has 0 aromatic carbocycles. The van der Waals surface area contributed by atoms with Gasteiger partial charge in [0.1, 0.15) is 0 Å². The Bertz CT molecular complexity index is 306. The summed E-state index contributed by atoms with van der Waals surface area (Å²) in [6.07, 6.45) is 3.54. The van der Waals surface area contributed by atoms with Crippen LogP contribution in [0.15, 0.2) is 0 Å². The molecule has 5 heteroatoms. The van der Waals surface area contributed by atoms with Crippen molar-refractivity contribution in [3.63, 3.8) is 0 Å². The molecule has 0 bridgehead atoms. The average molecular weight is 227 g/mol. The molecule has 0 aliphatic heterocycles. The van der Waals surface area contributed by atoms with Gasteiger partial charge in [0, 0.05) is 13.7 Å². The van der Waals surface area contributed by atoms with E-state index >= 15 is 0 Å². The molecule has 16 heavy (non-hydrogen) atoms. The smallest absolute Gasteiger partial charge is 0.307 e. The summed E-state index contributed by atoms with van der Waals surface area (Å²) in [5.74, 6) is -1.81. The summed E-state index contributed by atoms with van der Waals surface area (Å²) in [4.78, 5) is 22.2. The van der Waals surface area contributed by atoms with Gasteiger partial charge in [0.2, 0.25) is 5.91 Å². The fourth-order valence-electron chi connectivity index (χ4n) is 2.16. The molecule has 2 fully saturated rings. The number of ether oxygens (including phenoxy) is 1.